The van der Waals surface area contributed by atoms with Gasteiger partial charge in [0.25, 0.3) is 0 Å². The second-order valence-corrected chi connectivity index (χ2v) is 6.48. The minimum absolute atomic E-state index is 0. The topological polar surface area (TPSA) is 65.5 Å². The number of carbonyl (C=O) groups excluding carboxylic acids is 1. The molecular weight excluding hydrogens is 491 g/mol. The largest absolute Gasteiger partial charge is 0.416 e. The standard InChI is InChI=1S/C18H24F4N4O.HI/c1-23-17(25-11-16(27)26-14-5-3-2-4-6-14)24-10-12-7-8-13(19)9-15(12)18(20,21)22;/h7-9,14H,2-6,10-11H2,1H3,(H,26,27)(H2,23,24,25);1H. The number of amides is 1. The van der Waals surface area contributed by atoms with Crippen molar-refractivity contribution >= 4 is 35.8 Å². The molecule has 0 bridgehead atoms. The van der Waals surface area contributed by atoms with Crippen molar-refractivity contribution in [3.63, 3.8) is 0 Å². The van der Waals surface area contributed by atoms with Crippen molar-refractivity contribution in [3.05, 3.63) is 35.1 Å². The summed E-state index contributed by atoms with van der Waals surface area (Å²) in [5, 5.41) is 8.42. The first-order valence-corrected chi connectivity index (χ1v) is 8.89. The lowest BCUT2D eigenvalue weighted by Crippen LogP contribution is -2.45. The highest BCUT2D eigenvalue weighted by Crippen LogP contribution is 2.32. The molecule has 1 aliphatic rings. The molecule has 0 aromatic heterocycles. The van der Waals surface area contributed by atoms with Crippen LogP contribution in [0.2, 0.25) is 0 Å². The number of alkyl halides is 3. The molecule has 0 heterocycles. The van der Waals surface area contributed by atoms with E-state index in [4.69, 9.17) is 0 Å². The summed E-state index contributed by atoms with van der Waals surface area (Å²) in [4.78, 5) is 15.9. The molecule has 0 saturated heterocycles. The predicted molar refractivity (Wildman–Crippen MR) is 110 cm³/mol. The van der Waals surface area contributed by atoms with Crippen molar-refractivity contribution in [3.8, 4) is 0 Å². The zero-order valence-corrected chi connectivity index (χ0v) is 17.9. The van der Waals surface area contributed by atoms with E-state index in [0.717, 1.165) is 37.8 Å². The number of aliphatic imine (C=N–C) groups is 1. The lowest BCUT2D eigenvalue weighted by atomic mass is 9.95. The number of rotatable bonds is 5. The molecule has 0 spiro atoms. The summed E-state index contributed by atoms with van der Waals surface area (Å²) < 4.78 is 52.2. The third-order valence-electron chi connectivity index (χ3n) is 4.43. The number of guanidine groups is 1. The second-order valence-electron chi connectivity index (χ2n) is 6.48. The molecular formula is C18H25F4IN4O. The molecule has 5 nitrogen and oxygen atoms in total. The van der Waals surface area contributed by atoms with Gasteiger partial charge in [0.15, 0.2) is 5.96 Å². The van der Waals surface area contributed by atoms with Crippen LogP contribution in [-0.4, -0.2) is 31.5 Å². The van der Waals surface area contributed by atoms with Crippen molar-refractivity contribution in [2.24, 2.45) is 4.99 Å². The van der Waals surface area contributed by atoms with E-state index >= 15 is 0 Å². The maximum atomic E-state index is 13.1. The first-order chi connectivity index (χ1) is 12.8. The molecule has 3 N–H and O–H groups in total. The quantitative estimate of drug-likeness (QED) is 0.243. The highest BCUT2D eigenvalue weighted by Gasteiger charge is 2.33. The van der Waals surface area contributed by atoms with E-state index in [1.807, 2.05) is 0 Å². The Hall–Kier alpha value is -1.59. The average molecular weight is 516 g/mol. The van der Waals surface area contributed by atoms with Gasteiger partial charge in [-0.05, 0) is 30.5 Å². The first-order valence-electron chi connectivity index (χ1n) is 8.89. The smallest absolute Gasteiger partial charge is 0.352 e. The zero-order valence-electron chi connectivity index (χ0n) is 15.5. The van der Waals surface area contributed by atoms with Gasteiger partial charge in [-0.1, -0.05) is 25.3 Å². The Morgan fingerprint density at radius 1 is 1.18 bits per heavy atom. The van der Waals surface area contributed by atoms with Gasteiger partial charge in [0, 0.05) is 19.6 Å². The summed E-state index contributed by atoms with van der Waals surface area (Å²) in [5.74, 6) is -0.957. The molecule has 10 heteroatoms. The van der Waals surface area contributed by atoms with Gasteiger partial charge in [0.1, 0.15) is 5.82 Å². The number of nitrogens with one attached hydrogen (secondary N) is 3. The van der Waals surface area contributed by atoms with Crippen molar-refractivity contribution in [1.82, 2.24) is 16.0 Å². The molecule has 1 saturated carbocycles. The lowest BCUT2D eigenvalue weighted by Gasteiger charge is -2.23. The van der Waals surface area contributed by atoms with Crippen LogP contribution in [0.4, 0.5) is 17.6 Å². The summed E-state index contributed by atoms with van der Waals surface area (Å²) in [6, 6.07) is 2.69. The Bertz CT molecular complexity index is 676. The van der Waals surface area contributed by atoms with Crippen LogP contribution in [0.3, 0.4) is 0 Å². The van der Waals surface area contributed by atoms with Gasteiger partial charge in [-0.2, -0.15) is 13.2 Å². The molecule has 1 amide bonds. The van der Waals surface area contributed by atoms with Gasteiger partial charge in [0.05, 0.1) is 12.1 Å². The van der Waals surface area contributed by atoms with E-state index in [2.05, 4.69) is 20.9 Å². The fraction of sp³-hybridized carbons (Fsp3) is 0.556. The Balaban J connectivity index is 0.00000392. The maximum Gasteiger partial charge on any atom is 0.416 e. The molecule has 1 aromatic carbocycles. The molecule has 1 aliphatic carbocycles. The Kier molecular flexibility index (Phi) is 9.97. The summed E-state index contributed by atoms with van der Waals surface area (Å²) >= 11 is 0. The van der Waals surface area contributed by atoms with Crippen molar-refractivity contribution in [1.29, 1.82) is 0 Å². The molecule has 0 unspecified atom stereocenters. The molecule has 2 rings (SSSR count). The fourth-order valence-electron chi connectivity index (χ4n) is 3.06. The predicted octanol–water partition coefficient (Wildman–Crippen LogP) is 3.58. The van der Waals surface area contributed by atoms with E-state index in [-0.39, 0.29) is 60.5 Å². The molecule has 28 heavy (non-hydrogen) atoms. The molecule has 0 aliphatic heterocycles. The summed E-state index contributed by atoms with van der Waals surface area (Å²) in [5.41, 5.74) is -1.15. The van der Waals surface area contributed by atoms with Crippen LogP contribution in [0, 0.1) is 5.82 Å². The minimum atomic E-state index is -4.66. The van der Waals surface area contributed by atoms with Gasteiger partial charge < -0.3 is 16.0 Å². The highest BCUT2D eigenvalue weighted by atomic mass is 127. The van der Waals surface area contributed by atoms with Gasteiger partial charge in [-0.3, -0.25) is 9.79 Å². The fourth-order valence-corrected chi connectivity index (χ4v) is 3.06. The van der Waals surface area contributed by atoms with Gasteiger partial charge in [-0.25, -0.2) is 4.39 Å². The maximum absolute atomic E-state index is 13.1. The molecule has 0 radical (unpaired) electrons. The van der Waals surface area contributed by atoms with Crippen molar-refractivity contribution in [2.75, 3.05) is 13.6 Å². The summed E-state index contributed by atoms with van der Waals surface area (Å²) in [6.45, 7) is -0.245. The highest BCUT2D eigenvalue weighted by molar-refractivity contribution is 14.0. The van der Waals surface area contributed by atoms with E-state index in [1.165, 1.54) is 13.5 Å². The monoisotopic (exact) mass is 516 g/mol. The second kappa shape index (κ2) is 11.4. The van der Waals surface area contributed by atoms with E-state index < -0.39 is 17.6 Å². The zero-order chi connectivity index (χ0) is 19.9. The average Bonchev–Trinajstić information content (AvgIpc) is 2.62. The lowest BCUT2D eigenvalue weighted by molar-refractivity contribution is -0.138. The van der Waals surface area contributed by atoms with E-state index in [9.17, 15) is 22.4 Å². The SMILES string of the molecule is CN=C(NCC(=O)NC1CCCCC1)NCc1ccc(F)cc1C(F)(F)F.I. The van der Waals surface area contributed by atoms with Crippen LogP contribution in [-0.2, 0) is 17.5 Å². The number of hydrogen-bond acceptors (Lipinski definition) is 2. The molecule has 1 fully saturated rings. The number of benzene rings is 1. The van der Waals surface area contributed by atoms with Gasteiger partial charge in [-0.15, -0.1) is 24.0 Å². The van der Waals surface area contributed by atoms with Crippen LogP contribution < -0.4 is 16.0 Å². The van der Waals surface area contributed by atoms with Gasteiger partial charge in [0.2, 0.25) is 5.91 Å². The minimum Gasteiger partial charge on any atom is -0.352 e. The van der Waals surface area contributed by atoms with E-state index in [1.54, 1.807) is 0 Å². The number of hydrogen-bond donors (Lipinski definition) is 3. The molecule has 0 atom stereocenters. The summed E-state index contributed by atoms with van der Waals surface area (Å²) in [7, 11) is 1.45. The molecule has 158 valence electrons. The van der Waals surface area contributed by atoms with Gasteiger partial charge >= 0.3 is 6.18 Å². The van der Waals surface area contributed by atoms with Crippen LogP contribution >= 0.6 is 24.0 Å². The first kappa shape index (κ1) is 24.4. The Morgan fingerprint density at radius 3 is 2.46 bits per heavy atom. The normalized spacial score (nSPS) is 15.5. The number of halogens is 5. The number of carbonyl (C=O) groups is 1. The Labute approximate surface area is 178 Å². The summed E-state index contributed by atoms with van der Waals surface area (Å²) in [6.07, 6.45) is 0.648. The third-order valence-corrected chi connectivity index (χ3v) is 4.43. The van der Waals surface area contributed by atoms with Crippen LogP contribution in [0.5, 0.6) is 0 Å². The van der Waals surface area contributed by atoms with Crippen molar-refractivity contribution in [2.45, 2.75) is 50.9 Å². The van der Waals surface area contributed by atoms with Crippen LogP contribution in [0.25, 0.3) is 0 Å². The number of nitrogens with zero attached hydrogens (tertiary/aromatic N) is 1. The van der Waals surface area contributed by atoms with E-state index in [0.29, 0.717) is 6.07 Å². The molecule has 1 aromatic rings. The van der Waals surface area contributed by atoms with Crippen LogP contribution in [0.15, 0.2) is 23.2 Å². The third kappa shape index (κ3) is 7.80. The Morgan fingerprint density at radius 2 is 1.86 bits per heavy atom. The van der Waals surface area contributed by atoms with Crippen LogP contribution in [0.1, 0.15) is 43.2 Å². The van der Waals surface area contributed by atoms with Crippen molar-refractivity contribution < 1.29 is 22.4 Å².